The van der Waals surface area contributed by atoms with Gasteiger partial charge in [0.2, 0.25) is 5.91 Å². The van der Waals surface area contributed by atoms with Crippen LogP contribution < -0.4 is 0 Å². The molecule has 1 unspecified atom stereocenters. The molecule has 1 aliphatic rings. The highest BCUT2D eigenvalue weighted by atomic mass is 16.4. The van der Waals surface area contributed by atoms with E-state index in [0.717, 1.165) is 23.9 Å². The van der Waals surface area contributed by atoms with Gasteiger partial charge in [-0.2, -0.15) is 0 Å². The number of amides is 2. The second kappa shape index (κ2) is 8.46. The minimum absolute atomic E-state index is 0.00309. The van der Waals surface area contributed by atoms with Gasteiger partial charge in [-0.3, -0.25) is 14.4 Å². The molecule has 28 heavy (non-hydrogen) atoms. The number of carbonyl (C=O) groups is 3. The smallest absolute Gasteiger partial charge is 0.323 e. The molecule has 7 heteroatoms. The van der Waals surface area contributed by atoms with E-state index in [9.17, 15) is 14.4 Å². The van der Waals surface area contributed by atoms with Crippen LogP contribution in [0.4, 0.5) is 0 Å². The average Bonchev–Trinajstić information content (AvgIpc) is 2.87. The van der Waals surface area contributed by atoms with Crippen molar-refractivity contribution >= 4 is 28.7 Å². The monoisotopic (exact) mass is 385 g/mol. The molecule has 0 radical (unpaired) electrons. The Labute approximate surface area is 164 Å². The molecule has 0 saturated carbocycles. The molecule has 3 rings (SSSR count). The van der Waals surface area contributed by atoms with Crippen LogP contribution in [-0.4, -0.2) is 62.9 Å². The molecule has 0 bridgehead atoms. The summed E-state index contributed by atoms with van der Waals surface area (Å²) in [5.41, 5.74) is 1.75. The summed E-state index contributed by atoms with van der Waals surface area (Å²) in [5, 5.41) is 10.0. The van der Waals surface area contributed by atoms with Crippen molar-refractivity contribution in [3.63, 3.8) is 0 Å². The summed E-state index contributed by atoms with van der Waals surface area (Å²) in [6.45, 7) is 5.07. The molecule has 2 amide bonds. The van der Waals surface area contributed by atoms with Crippen molar-refractivity contribution in [3.8, 4) is 0 Å². The van der Waals surface area contributed by atoms with Crippen molar-refractivity contribution < 1.29 is 19.5 Å². The summed E-state index contributed by atoms with van der Waals surface area (Å²) < 4.78 is 2.08. The number of aryl methyl sites for hydroxylation is 1. The van der Waals surface area contributed by atoms with Crippen molar-refractivity contribution in [2.45, 2.75) is 45.7 Å². The van der Waals surface area contributed by atoms with E-state index in [2.05, 4.69) is 11.5 Å². The third-order valence-electron chi connectivity index (χ3n) is 5.50. The summed E-state index contributed by atoms with van der Waals surface area (Å²) in [6.07, 6.45) is 3.95. The lowest BCUT2D eigenvalue weighted by Gasteiger charge is -2.28. The standard InChI is InChI=1S/C21H27N3O4/c1-3-22-13-18(17-8-4-5-9-19(17)22)21(28)23-11-6-7-16(10-12-23)24(15(2)25)14-20(26)27/h4-5,8-9,13,16H,3,6-7,10-12,14H2,1-2H3,(H,26,27). The van der Waals surface area contributed by atoms with Crippen LogP contribution >= 0.6 is 0 Å². The molecule has 2 heterocycles. The number of nitrogens with zero attached hydrogens (tertiary/aromatic N) is 3. The maximum atomic E-state index is 13.2. The first kappa shape index (κ1) is 19.9. The summed E-state index contributed by atoms with van der Waals surface area (Å²) in [4.78, 5) is 39.5. The van der Waals surface area contributed by atoms with E-state index in [1.807, 2.05) is 35.4 Å². The number of benzene rings is 1. The highest BCUT2D eigenvalue weighted by Crippen LogP contribution is 2.25. The van der Waals surface area contributed by atoms with E-state index in [4.69, 9.17) is 5.11 Å². The maximum Gasteiger partial charge on any atom is 0.323 e. The molecule has 0 spiro atoms. The van der Waals surface area contributed by atoms with Gasteiger partial charge in [-0.25, -0.2) is 0 Å². The van der Waals surface area contributed by atoms with Gasteiger partial charge < -0.3 is 19.5 Å². The van der Waals surface area contributed by atoms with Crippen LogP contribution in [0.1, 0.15) is 43.5 Å². The van der Waals surface area contributed by atoms with Gasteiger partial charge in [0.1, 0.15) is 6.54 Å². The van der Waals surface area contributed by atoms with Crippen LogP contribution in [0.2, 0.25) is 0 Å². The number of hydrogen-bond donors (Lipinski definition) is 1. The van der Waals surface area contributed by atoms with Gasteiger partial charge in [0.15, 0.2) is 0 Å². The van der Waals surface area contributed by atoms with Gasteiger partial charge in [0, 0.05) is 49.7 Å². The van der Waals surface area contributed by atoms with Crippen LogP contribution in [0.25, 0.3) is 10.9 Å². The van der Waals surface area contributed by atoms with E-state index in [1.54, 1.807) is 0 Å². The molecule has 1 aromatic carbocycles. The zero-order valence-electron chi connectivity index (χ0n) is 16.4. The predicted octanol–water partition coefficient (Wildman–Crippen LogP) is 2.59. The van der Waals surface area contributed by atoms with E-state index in [0.29, 0.717) is 31.5 Å². The Morgan fingerprint density at radius 1 is 1.18 bits per heavy atom. The van der Waals surface area contributed by atoms with Gasteiger partial charge in [-0.05, 0) is 32.3 Å². The van der Waals surface area contributed by atoms with Crippen LogP contribution in [-0.2, 0) is 16.1 Å². The largest absolute Gasteiger partial charge is 0.480 e. The minimum Gasteiger partial charge on any atom is -0.480 e. The Kier molecular flexibility index (Phi) is 6.02. The van der Waals surface area contributed by atoms with E-state index in [1.165, 1.54) is 11.8 Å². The molecule has 7 nitrogen and oxygen atoms in total. The van der Waals surface area contributed by atoms with E-state index in [-0.39, 0.29) is 24.4 Å². The van der Waals surface area contributed by atoms with Gasteiger partial charge in [-0.15, -0.1) is 0 Å². The average molecular weight is 385 g/mol. The highest BCUT2D eigenvalue weighted by Gasteiger charge is 2.28. The fraction of sp³-hybridized carbons (Fsp3) is 0.476. The molecule has 1 atom stereocenters. The number of rotatable bonds is 5. The molecule has 0 aliphatic carbocycles. The Morgan fingerprint density at radius 2 is 1.93 bits per heavy atom. The van der Waals surface area contributed by atoms with E-state index < -0.39 is 5.97 Å². The summed E-state index contributed by atoms with van der Waals surface area (Å²) >= 11 is 0. The summed E-state index contributed by atoms with van der Waals surface area (Å²) in [6, 6.07) is 7.75. The number of hydrogen-bond acceptors (Lipinski definition) is 3. The van der Waals surface area contributed by atoms with Crippen LogP contribution in [0.15, 0.2) is 30.5 Å². The minimum atomic E-state index is -1.01. The zero-order valence-corrected chi connectivity index (χ0v) is 16.4. The second-order valence-corrected chi connectivity index (χ2v) is 7.26. The van der Waals surface area contributed by atoms with Gasteiger partial charge >= 0.3 is 5.97 Å². The van der Waals surface area contributed by atoms with Crippen LogP contribution in [0, 0.1) is 0 Å². The lowest BCUT2D eigenvalue weighted by molar-refractivity contribution is -0.145. The molecular formula is C21H27N3O4. The lowest BCUT2D eigenvalue weighted by Crippen LogP contribution is -2.43. The van der Waals surface area contributed by atoms with E-state index >= 15 is 0 Å². The Morgan fingerprint density at radius 3 is 2.61 bits per heavy atom. The zero-order chi connectivity index (χ0) is 20.3. The quantitative estimate of drug-likeness (QED) is 0.858. The molecule has 150 valence electrons. The number of carboxylic acid groups (broad SMARTS) is 1. The van der Waals surface area contributed by atoms with Crippen LogP contribution in [0.5, 0.6) is 0 Å². The second-order valence-electron chi connectivity index (χ2n) is 7.26. The third kappa shape index (κ3) is 4.03. The lowest BCUT2D eigenvalue weighted by atomic mass is 10.1. The van der Waals surface area contributed by atoms with Gasteiger partial charge in [-0.1, -0.05) is 18.2 Å². The molecular weight excluding hydrogens is 358 g/mol. The summed E-state index contributed by atoms with van der Waals surface area (Å²) in [7, 11) is 0. The number of aliphatic carboxylic acids is 1. The maximum absolute atomic E-state index is 13.2. The number of aromatic nitrogens is 1. The molecule has 2 aromatic rings. The number of carboxylic acids is 1. The van der Waals surface area contributed by atoms with Gasteiger partial charge in [0.05, 0.1) is 5.56 Å². The first-order valence-corrected chi connectivity index (χ1v) is 9.78. The van der Waals surface area contributed by atoms with Crippen molar-refractivity contribution in [2.24, 2.45) is 0 Å². The predicted molar refractivity (Wildman–Crippen MR) is 106 cm³/mol. The molecule has 1 fully saturated rings. The first-order valence-electron chi connectivity index (χ1n) is 9.78. The fourth-order valence-corrected chi connectivity index (χ4v) is 4.09. The normalized spacial score (nSPS) is 17.4. The number of fused-ring (bicyclic) bond motifs is 1. The molecule has 1 saturated heterocycles. The first-order chi connectivity index (χ1) is 13.4. The SMILES string of the molecule is CCn1cc(C(=O)N2CCCC(N(CC(=O)O)C(C)=O)CC2)c2ccccc21. The third-order valence-corrected chi connectivity index (χ3v) is 5.50. The van der Waals surface area contributed by atoms with Crippen molar-refractivity contribution in [1.29, 1.82) is 0 Å². The molecule has 1 aliphatic heterocycles. The van der Waals surface area contributed by atoms with Crippen molar-refractivity contribution in [1.82, 2.24) is 14.4 Å². The molecule has 1 aromatic heterocycles. The topological polar surface area (TPSA) is 82.8 Å². The van der Waals surface area contributed by atoms with Crippen LogP contribution in [0.3, 0.4) is 0 Å². The highest BCUT2D eigenvalue weighted by molar-refractivity contribution is 6.07. The number of carbonyl (C=O) groups excluding carboxylic acids is 2. The Hall–Kier alpha value is -2.83. The van der Waals surface area contributed by atoms with Crippen molar-refractivity contribution in [2.75, 3.05) is 19.6 Å². The van der Waals surface area contributed by atoms with Crippen molar-refractivity contribution in [3.05, 3.63) is 36.0 Å². The summed E-state index contributed by atoms with van der Waals surface area (Å²) in [5.74, 6) is -1.25. The Balaban J connectivity index is 1.78. The molecule has 1 N–H and O–H groups in total. The number of likely N-dealkylation sites (tertiary alicyclic amines) is 1. The Bertz CT molecular complexity index is 889. The fourth-order valence-electron chi connectivity index (χ4n) is 4.09. The number of para-hydroxylation sites is 1. The van der Waals surface area contributed by atoms with Gasteiger partial charge in [0.25, 0.3) is 5.91 Å².